The largest absolute Gasteiger partial charge is 0.383 e. The molecule has 2 aromatic rings. The van der Waals surface area contributed by atoms with Crippen LogP contribution >= 0.6 is 0 Å². The van der Waals surface area contributed by atoms with E-state index in [-0.39, 0.29) is 35.8 Å². The Morgan fingerprint density at radius 1 is 0.593 bits per heavy atom. The van der Waals surface area contributed by atoms with Crippen molar-refractivity contribution in [2.45, 2.75) is 103 Å². The average molecular weight is 840 g/mol. The van der Waals surface area contributed by atoms with E-state index in [0.717, 1.165) is 56.0 Å². The zero-order chi connectivity index (χ0) is 44.5. The van der Waals surface area contributed by atoms with Crippen LogP contribution in [0, 0.1) is 23.3 Å². The van der Waals surface area contributed by atoms with Gasteiger partial charge < -0.3 is 41.5 Å². The fourth-order valence-corrected chi connectivity index (χ4v) is 5.39. The molecular weight excluding hydrogens is 778 g/mol. The Morgan fingerprint density at radius 2 is 0.966 bits per heavy atom. The Morgan fingerprint density at radius 3 is 1.31 bits per heavy atom. The van der Waals surface area contributed by atoms with Crippen LogP contribution in [0.5, 0.6) is 0 Å². The number of benzene rings is 2. The highest BCUT2D eigenvalue weighted by molar-refractivity contribution is 5.93. The number of carbonyl (C=O) groups excluding carboxylic acids is 6. The molecule has 0 heterocycles. The Balaban J connectivity index is 0.000000590. The topological polar surface area (TPSA) is 187 Å². The summed E-state index contributed by atoms with van der Waals surface area (Å²) in [6.07, 6.45) is 3.64. The van der Waals surface area contributed by atoms with Crippen LogP contribution in [0.25, 0.3) is 0 Å². The standard InChI is InChI=1S/C21H32F2N4O3.C20H29F2N3O4/c1-5-6-7-18(21(30)24-8-9-27(3)4)26-20(29)14(2)25-19(28)12-15-10-16(22)13-17(23)11-15;1-4-5-6-17(20(28)23-7-8-29-3)25-19(27)13(2)24-18(26)11-14-9-15(21)12-16(22)10-14/h10-11,13-14,18H,5-9,12H2,1-4H3,(H,24,30)(H,25,28)(H,26,29);9-10,12-13,17H,4-8,11H2,1-3H3,(H,23,28)(H,24,26)(H,25,27)/t14-,18-;13-,17-/m00/s1. The van der Waals surface area contributed by atoms with Crippen molar-refractivity contribution in [3.05, 3.63) is 70.8 Å². The van der Waals surface area contributed by atoms with Crippen LogP contribution in [0.4, 0.5) is 17.6 Å². The number of hydrogen-bond donors (Lipinski definition) is 6. The van der Waals surface area contributed by atoms with Gasteiger partial charge in [0.15, 0.2) is 0 Å². The zero-order valence-corrected chi connectivity index (χ0v) is 35.1. The molecule has 0 radical (unpaired) electrons. The first kappa shape index (κ1) is 51.9. The molecule has 0 saturated heterocycles. The molecule has 0 aliphatic rings. The maximum atomic E-state index is 13.2. The summed E-state index contributed by atoms with van der Waals surface area (Å²) in [5, 5.41) is 15.8. The van der Waals surface area contributed by atoms with Crippen LogP contribution in [-0.2, 0) is 46.3 Å². The molecule has 14 nitrogen and oxygen atoms in total. The number of ether oxygens (including phenoxy) is 1. The lowest BCUT2D eigenvalue weighted by molar-refractivity contribution is -0.131. The summed E-state index contributed by atoms with van der Waals surface area (Å²) in [7, 11) is 5.31. The second-order valence-electron chi connectivity index (χ2n) is 14.3. The van der Waals surface area contributed by atoms with E-state index in [0.29, 0.717) is 45.1 Å². The molecule has 2 aromatic carbocycles. The van der Waals surface area contributed by atoms with Gasteiger partial charge in [0.2, 0.25) is 35.4 Å². The lowest BCUT2D eigenvalue weighted by Gasteiger charge is -2.21. The number of nitrogens with zero attached hydrogens (tertiary/aromatic N) is 1. The molecule has 0 aliphatic carbocycles. The van der Waals surface area contributed by atoms with Gasteiger partial charge in [0, 0.05) is 38.9 Å². The molecule has 6 amide bonds. The predicted octanol–water partition coefficient (Wildman–Crippen LogP) is 2.81. The first-order valence-electron chi connectivity index (χ1n) is 19.7. The summed E-state index contributed by atoms with van der Waals surface area (Å²) in [6, 6.07) is 2.41. The van der Waals surface area contributed by atoms with E-state index >= 15 is 0 Å². The van der Waals surface area contributed by atoms with Crippen molar-refractivity contribution in [3.8, 4) is 0 Å². The predicted molar refractivity (Wildman–Crippen MR) is 215 cm³/mol. The average Bonchev–Trinajstić information content (AvgIpc) is 3.13. The number of methoxy groups -OCH3 is 1. The first-order chi connectivity index (χ1) is 27.9. The Bertz CT molecular complexity index is 1630. The molecule has 0 spiro atoms. The third kappa shape index (κ3) is 22.6. The zero-order valence-electron chi connectivity index (χ0n) is 35.1. The van der Waals surface area contributed by atoms with Crippen molar-refractivity contribution >= 4 is 35.4 Å². The van der Waals surface area contributed by atoms with Crippen LogP contribution < -0.4 is 31.9 Å². The molecule has 18 heteroatoms. The van der Waals surface area contributed by atoms with E-state index in [4.69, 9.17) is 4.74 Å². The molecule has 0 aliphatic heterocycles. The highest BCUT2D eigenvalue weighted by Crippen LogP contribution is 2.10. The maximum Gasteiger partial charge on any atom is 0.242 e. The molecule has 0 aromatic heterocycles. The van der Waals surface area contributed by atoms with Gasteiger partial charge in [0.25, 0.3) is 0 Å². The van der Waals surface area contributed by atoms with E-state index in [1.807, 2.05) is 32.8 Å². The van der Waals surface area contributed by atoms with Gasteiger partial charge in [-0.05, 0) is 76.2 Å². The van der Waals surface area contributed by atoms with Gasteiger partial charge in [-0.3, -0.25) is 28.8 Å². The van der Waals surface area contributed by atoms with E-state index in [9.17, 15) is 46.3 Å². The molecule has 0 saturated carbocycles. The smallest absolute Gasteiger partial charge is 0.242 e. The molecular formula is C41H61F4N7O7. The number of carbonyl (C=O) groups is 6. The van der Waals surface area contributed by atoms with Gasteiger partial charge in [0.1, 0.15) is 47.4 Å². The summed E-state index contributed by atoms with van der Waals surface area (Å²) in [5.74, 6) is -5.84. The number of likely N-dealkylation sites (N-methyl/N-ethyl adjacent to an activating group) is 1. The lowest BCUT2D eigenvalue weighted by atomic mass is 10.1. The Hall–Kier alpha value is -5.10. The summed E-state index contributed by atoms with van der Waals surface area (Å²) >= 11 is 0. The third-order valence-corrected chi connectivity index (χ3v) is 8.54. The van der Waals surface area contributed by atoms with Gasteiger partial charge in [-0.2, -0.15) is 0 Å². The third-order valence-electron chi connectivity index (χ3n) is 8.54. The fourth-order valence-electron chi connectivity index (χ4n) is 5.39. The van der Waals surface area contributed by atoms with E-state index < -0.39 is 71.1 Å². The molecule has 0 unspecified atom stereocenters. The molecule has 59 heavy (non-hydrogen) atoms. The Labute approximate surface area is 344 Å². The van der Waals surface area contributed by atoms with Crippen LogP contribution in [-0.4, -0.2) is 112 Å². The lowest BCUT2D eigenvalue weighted by Crippen LogP contribution is -2.53. The number of nitrogens with one attached hydrogen (secondary N) is 6. The number of hydrogen-bond acceptors (Lipinski definition) is 8. The quantitative estimate of drug-likeness (QED) is 0.0689. The van der Waals surface area contributed by atoms with Gasteiger partial charge in [0.05, 0.1) is 19.4 Å². The van der Waals surface area contributed by atoms with Gasteiger partial charge >= 0.3 is 0 Å². The van der Waals surface area contributed by atoms with Crippen molar-refractivity contribution in [1.82, 2.24) is 36.8 Å². The van der Waals surface area contributed by atoms with Crippen LogP contribution in [0.1, 0.15) is 77.3 Å². The van der Waals surface area contributed by atoms with Crippen molar-refractivity contribution in [2.75, 3.05) is 47.4 Å². The molecule has 0 bridgehead atoms. The minimum atomic E-state index is -0.920. The second-order valence-corrected chi connectivity index (χ2v) is 14.3. The van der Waals surface area contributed by atoms with Gasteiger partial charge in [-0.25, -0.2) is 17.6 Å². The minimum absolute atomic E-state index is 0.158. The van der Waals surface area contributed by atoms with E-state index in [2.05, 4.69) is 31.9 Å². The van der Waals surface area contributed by atoms with Crippen molar-refractivity contribution < 1.29 is 51.1 Å². The fraction of sp³-hybridized carbons (Fsp3) is 0.561. The molecule has 330 valence electrons. The van der Waals surface area contributed by atoms with Crippen molar-refractivity contribution in [1.29, 1.82) is 0 Å². The molecule has 4 atom stereocenters. The molecule has 2 rings (SSSR count). The monoisotopic (exact) mass is 839 g/mol. The van der Waals surface area contributed by atoms with Crippen molar-refractivity contribution in [2.24, 2.45) is 0 Å². The summed E-state index contributed by atoms with van der Waals surface area (Å²) in [5.41, 5.74) is 0.324. The van der Waals surface area contributed by atoms with Gasteiger partial charge in [-0.1, -0.05) is 39.5 Å². The van der Waals surface area contributed by atoms with Crippen LogP contribution in [0.2, 0.25) is 0 Å². The summed E-state index contributed by atoms with van der Waals surface area (Å²) in [4.78, 5) is 75.7. The van der Waals surface area contributed by atoms with Crippen LogP contribution in [0.3, 0.4) is 0 Å². The highest BCUT2D eigenvalue weighted by Gasteiger charge is 2.25. The number of amides is 6. The summed E-state index contributed by atoms with van der Waals surface area (Å²) < 4.78 is 57.8. The minimum Gasteiger partial charge on any atom is -0.383 e. The maximum absolute atomic E-state index is 13.2. The van der Waals surface area contributed by atoms with Gasteiger partial charge in [-0.15, -0.1) is 0 Å². The number of halogens is 4. The van der Waals surface area contributed by atoms with E-state index in [1.165, 1.54) is 21.0 Å². The van der Waals surface area contributed by atoms with Crippen LogP contribution in [0.15, 0.2) is 36.4 Å². The second kappa shape index (κ2) is 28.3. The molecule has 6 N–H and O–H groups in total. The normalized spacial score (nSPS) is 12.8. The molecule has 0 fully saturated rings. The number of unbranched alkanes of at least 4 members (excludes halogenated alkanes) is 2. The summed E-state index contributed by atoms with van der Waals surface area (Å²) in [6.45, 7) is 8.73. The first-order valence-corrected chi connectivity index (χ1v) is 19.7. The van der Waals surface area contributed by atoms with E-state index in [1.54, 1.807) is 0 Å². The van der Waals surface area contributed by atoms with Crippen molar-refractivity contribution in [3.63, 3.8) is 0 Å². The SMILES string of the molecule is CCCC[C@H](NC(=O)[C@H](C)NC(=O)Cc1cc(F)cc(F)c1)C(=O)NCCN(C)C.CCCC[C@H](NC(=O)[C@H](C)NC(=O)Cc1cc(F)cc(F)c1)C(=O)NCCOC. The Kier molecular flexibility index (Phi) is 24.9. The highest BCUT2D eigenvalue weighted by atomic mass is 19.1. The number of rotatable bonds is 24.